The Balaban J connectivity index is 1.30. The van der Waals surface area contributed by atoms with Crippen molar-refractivity contribution in [3.05, 3.63) is 98.0 Å². The zero-order valence-corrected chi connectivity index (χ0v) is 24.6. The lowest BCUT2D eigenvalue weighted by Gasteiger charge is -2.30. The van der Waals surface area contributed by atoms with Gasteiger partial charge in [0.25, 0.3) is 5.91 Å². The lowest BCUT2D eigenvalue weighted by Crippen LogP contribution is -2.32. The molecule has 9 nitrogen and oxygen atoms in total. The van der Waals surface area contributed by atoms with E-state index in [4.69, 9.17) is 9.47 Å². The van der Waals surface area contributed by atoms with Crippen molar-refractivity contribution in [2.45, 2.75) is 30.0 Å². The summed E-state index contributed by atoms with van der Waals surface area (Å²) in [5.41, 5.74) is 3.87. The summed E-state index contributed by atoms with van der Waals surface area (Å²) < 4.78 is 11.4. The first-order valence-electron chi connectivity index (χ1n) is 13.3. The van der Waals surface area contributed by atoms with Gasteiger partial charge in [-0.15, -0.1) is 0 Å². The highest BCUT2D eigenvalue weighted by Gasteiger charge is 2.56. The molecule has 2 aliphatic rings. The monoisotopic (exact) mass is 601 g/mol. The van der Waals surface area contributed by atoms with E-state index in [1.807, 2.05) is 50.2 Å². The van der Waals surface area contributed by atoms with Gasteiger partial charge in [-0.25, -0.2) is 4.90 Å². The molecule has 1 saturated heterocycles. The third-order valence-corrected chi connectivity index (χ3v) is 9.84. The highest BCUT2D eigenvalue weighted by molar-refractivity contribution is 8.00. The number of para-hydroxylation sites is 1. The number of hydrogen-bond donors (Lipinski definition) is 2. The number of methoxy groups -OCH3 is 1. The molecule has 3 atom stereocenters. The molecular formula is C31H27N3O6S2. The lowest BCUT2D eigenvalue weighted by atomic mass is 9.83. The number of carbonyl (C=O) groups is 3. The van der Waals surface area contributed by atoms with Crippen LogP contribution in [0.3, 0.4) is 0 Å². The first kappa shape index (κ1) is 27.8. The molecule has 0 bridgehead atoms. The van der Waals surface area contributed by atoms with Crippen molar-refractivity contribution in [2.24, 2.45) is 5.92 Å². The zero-order chi connectivity index (χ0) is 29.5. The van der Waals surface area contributed by atoms with Crippen LogP contribution in [0.15, 0.2) is 76.6 Å². The normalized spacial score (nSPS) is 19.3. The van der Waals surface area contributed by atoms with Gasteiger partial charge in [-0.1, -0.05) is 65.1 Å². The molecule has 4 aromatic rings. The second kappa shape index (κ2) is 11.1. The maximum absolute atomic E-state index is 13.9. The summed E-state index contributed by atoms with van der Waals surface area (Å²) in [6, 6.07) is 19.9. The number of carbonyl (C=O) groups excluding carboxylic acids is 3. The number of aromatic amines is 1. The molecule has 1 fully saturated rings. The minimum Gasteiger partial charge on any atom is -0.493 e. The topological polar surface area (TPSA) is 118 Å². The van der Waals surface area contributed by atoms with Gasteiger partial charge in [-0.05, 0) is 55.3 Å². The molecule has 1 aromatic heterocycles. The van der Waals surface area contributed by atoms with Gasteiger partial charge in [0.15, 0.2) is 18.1 Å². The maximum atomic E-state index is 13.9. The molecule has 3 aromatic carbocycles. The van der Waals surface area contributed by atoms with Crippen molar-refractivity contribution >= 4 is 52.2 Å². The van der Waals surface area contributed by atoms with E-state index in [2.05, 4.69) is 10.3 Å². The number of amides is 3. The Hall–Kier alpha value is -4.35. The third kappa shape index (κ3) is 4.99. The summed E-state index contributed by atoms with van der Waals surface area (Å²) >= 11 is 2.27. The van der Waals surface area contributed by atoms with E-state index in [1.54, 1.807) is 30.3 Å². The van der Waals surface area contributed by atoms with Crippen molar-refractivity contribution in [2.75, 3.05) is 23.9 Å². The Labute approximate surface area is 249 Å². The van der Waals surface area contributed by atoms with Crippen LogP contribution in [0.25, 0.3) is 0 Å². The van der Waals surface area contributed by atoms with Crippen molar-refractivity contribution < 1.29 is 23.9 Å². The Morgan fingerprint density at radius 2 is 1.74 bits per heavy atom. The Bertz CT molecular complexity index is 1760. The second-order valence-corrected chi connectivity index (χ2v) is 12.3. The molecule has 0 spiro atoms. The summed E-state index contributed by atoms with van der Waals surface area (Å²) in [6.07, 6.45) is 0. The highest BCUT2D eigenvalue weighted by Crippen LogP contribution is 2.53. The smallest absolute Gasteiger partial charge is 0.305 e. The minimum absolute atomic E-state index is 0.239. The second-order valence-electron chi connectivity index (χ2n) is 10.2. The number of imide groups is 1. The fraction of sp³-hybridized carbons (Fsp3) is 0.226. The summed E-state index contributed by atoms with van der Waals surface area (Å²) in [4.78, 5) is 57.1. The van der Waals surface area contributed by atoms with Crippen molar-refractivity contribution in [3.63, 3.8) is 0 Å². The Morgan fingerprint density at radius 3 is 2.48 bits per heavy atom. The predicted molar refractivity (Wildman–Crippen MR) is 162 cm³/mol. The number of aryl methyl sites for hydroxylation is 2. The van der Waals surface area contributed by atoms with E-state index in [0.29, 0.717) is 38.3 Å². The number of ether oxygens (including phenoxy) is 2. The van der Waals surface area contributed by atoms with Crippen LogP contribution in [0.5, 0.6) is 11.5 Å². The summed E-state index contributed by atoms with van der Waals surface area (Å²) in [5, 5.41) is 2.73. The number of H-pyrrole nitrogens is 1. The Kier molecular flexibility index (Phi) is 7.38. The fourth-order valence-corrected chi connectivity index (χ4v) is 7.88. The van der Waals surface area contributed by atoms with E-state index in [-0.39, 0.29) is 29.2 Å². The van der Waals surface area contributed by atoms with Gasteiger partial charge in [0.2, 0.25) is 11.8 Å². The number of anilines is 2. The number of hydrogen-bond acceptors (Lipinski definition) is 8. The molecular weight excluding hydrogens is 574 g/mol. The molecule has 42 heavy (non-hydrogen) atoms. The number of nitrogens with zero attached hydrogens (tertiary/aromatic N) is 1. The summed E-state index contributed by atoms with van der Waals surface area (Å²) in [7, 11) is 1.49. The van der Waals surface area contributed by atoms with Gasteiger partial charge in [0.05, 0.1) is 23.7 Å². The van der Waals surface area contributed by atoms with Crippen LogP contribution in [0.1, 0.15) is 27.5 Å². The SMILES string of the molecule is COc1cc([C@@H]2c3sc(=O)[nH]c3S[C@H]3C(=O)N(c4ccc(C)cc4)C(=O)[C@@H]23)ccc1OCC(=O)Nc1ccccc1C. The molecule has 0 unspecified atom stereocenters. The number of nitrogens with one attached hydrogen (secondary N) is 2. The standard InChI is InChI=1S/C31H27N3O6S2/c1-16-8-11-19(12-9-16)34-29(36)25-24(26-28(33-31(38)42-26)41-27(25)30(34)37)18-10-13-21(22(14-18)39-3)40-15-23(35)32-20-7-5-4-6-17(20)2/h4-14,24-25,27H,15H2,1-3H3,(H,32,35)(H,33,38)/t24-,25-,27+/m0/s1. The van der Waals surface area contributed by atoms with Crippen molar-refractivity contribution in [3.8, 4) is 11.5 Å². The molecule has 3 heterocycles. The zero-order valence-electron chi connectivity index (χ0n) is 23.0. The molecule has 3 amide bonds. The van der Waals surface area contributed by atoms with Gasteiger partial charge < -0.3 is 19.8 Å². The van der Waals surface area contributed by atoms with E-state index < -0.39 is 17.1 Å². The molecule has 0 radical (unpaired) electrons. The van der Waals surface area contributed by atoms with Gasteiger partial charge in [0.1, 0.15) is 5.25 Å². The highest BCUT2D eigenvalue weighted by atomic mass is 32.2. The van der Waals surface area contributed by atoms with Crippen LogP contribution in [-0.4, -0.2) is 41.7 Å². The first-order chi connectivity index (χ1) is 20.2. The van der Waals surface area contributed by atoms with Gasteiger partial charge in [-0.3, -0.25) is 19.2 Å². The number of fused-ring (bicyclic) bond motifs is 2. The Morgan fingerprint density at radius 1 is 0.976 bits per heavy atom. The van der Waals surface area contributed by atoms with Gasteiger partial charge in [-0.2, -0.15) is 0 Å². The van der Waals surface area contributed by atoms with Crippen LogP contribution in [-0.2, 0) is 14.4 Å². The minimum atomic E-state index is -0.723. The van der Waals surface area contributed by atoms with Crippen molar-refractivity contribution in [1.82, 2.24) is 4.98 Å². The van der Waals surface area contributed by atoms with Crippen LogP contribution in [0, 0.1) is 19.8 Å². The van der Waals surface area contributed by atoms with Crippen LogP contribution in [0.2, 0.25) is 0 Å². The quantitative estimate of drug-likeness (QED) is 0.290. The van der Waals surface area contributed by atoms with E-state index >= 15 is 0 Å². The first-order valence-corrected chi connectivity index (χ1v) is 14.9. The average molecular weight is 602 g/mol. The molecule has 11 heteroatoms. The van der Waals surface area contributed by atoms with Gasteiger partial charge >= 0.3 is 4.87 Å². The van der Waals surface area contributed by atoms with E-state index in [0.717, 1.165) is 22.5 Å². The largest absolute Gasteiger partial charge is 0.493 e. The lowest BCUT2D eigenvalue weighted by molar-refractivity contribution is -0.122. The number of thioether (sulfide) groups is 1. The fourth-order valence-electron chi connectivity index (χ4n) is 5.36. The third-order valence-electron chi connectivity index (χ3n) is 7.44. The molecule has 6 rings (SSSR count). The number of rotatable bonds is 7. The number of thiazole rings is 1. The van der Waals surface area contributed by atoms with Crippen LogP contribution < -0.4 is 24.6 Å². The molecule has 214 valence electrons. The summed E-state index contributed by atoms with van der Waals surface area (Å²) in [6.45, 7) is 3.60. The van der Waals surface area contributed by atoms with Crippen LogP contribution in [0.4, 0.5) is 11.4 Å². The summed E-state index contributed by atoms with van der Waals surface area (Å²) in [5.74, 6) is -1.52. The molecule has 2 N–H and O–H groups in total. The molecule has 0 saturated carbocycles. The van der Waals surface area contributed by atoms with Crippen molar-refractivity contribution in [1.29, 1.82) is 0 Å². The van der Waals surface area contributed by atoms with Gasteiger partial charge in [0, 0.05) is 16.5 Å². The maximum Gasteiger partial charge on any atom is 0.305 e. The molecule has 0 aliphatic carbocycles. The van der Waals surface area contributed by atoms with Crippen LogP contribution >= 0.6 is 23.1 Å². The number of aromatic nitrogens is 1. The predicted octanol–water partition coefficient (Wildman–Crippen LogP) is 4.88. The molecule has 2 aliphatic heterocycles. The van der Waals surface area contributed by atoms with E-state index in [1.165, 1.54) is 23.8 Å². The average Bonchev–Trinajstić information content (AvgIpc) is 3.47. The van der Waals surface area contributed by atoms with E-state index in [9.17, 15) is 19.2 Å². The number of benzene rings is 3.